The fraction of sp³-hybridized carbons (Fsp3) is 0.538. The van der Waals surface area contributed by atoms with Crippen molar-refractivity contribution >= 4 is 23.9 Å². The molecule has 0 bridgehead atoms. The smallest absolute Gasteiger partial charge is 0.413 e. The maximum absolute atomic E-state index is 12.1. The Morgan fingerprint density at radius 2 is 1.83 bits per heavy atom. The molecule has 36 heavy (non-hydrogen) atoms. The lowest BCUT2D eigenvalue weighted by Crippen LogP contribution is -2.34. The number of nitrogens with zero attached hydrogens (tertiary/aromatic N) is 1. The van der Waals surface area contributed by atoms with Crippen molar-refractivity contribution in [3.05, 3.63) is 35.9 Å². The number of unbranched alkanes of at least 4 members (excludes halogenated alkanes) is 2. The molecule has 200 valence electrons. The lowest BCUT2D eigenvalue weighted by Gasteiger charge is -2.14. The van der Waals surface area contributed by atoms with Gasteiger partial charge in [-0.05, 0) is 42.9 Å². The Morgan fingerprint density at radius 3 is 2.50 bits per heavy atom. The number of allylic oxidation sites excluding steroid dienone is 2. The minimum atomic E-state index is -0.851. The third-order valence-corrected chi connectivity index (χ3v) is 5.07. The monoisotopic (exact) mass is 505 g/mol. The number of methoxy groups -OCH3 is 1. The predicted molar refractivity (Wildman–Crippen MR) is 136 cm³/mol. The quantitative estimate of drug-likeness (QED) is 0.213. The second kappa shape index (κ2) is 17.0. The Balaban J connectivity index is 2.40. The Labute approximate surface area is 213 Å². The molecule has 0 atom stereocenters. The van der Waals surface area contributed by atoms with E-state index in [9.17, 15) is 19.2 Å². The molecular formula is C26H39N3O7. The molecule has 1 aromatic rings. The number of ether oxygens (including phenoxy) is 3. The molecule has 0 radical (unpaired) electrons. The van der Waals surface area contributed by atoms with Crippen LogP contribution in [-0.2, 0) is 25.7 Å². The first-order valence-electron chi connectivity index (χ1n) is 12.1. The van der Waals surface area contributed by atoms with Crippen molar-refractivity contribution in [2.45, 2.75) is 53.0 Å². The molecule has 0 aliphatic rings. The van der Waals surface area contributed by atoms with Crippen molar-refractivity contribution in [2.24, 2.45) is 5.92 Å². The number of likely N-dealkylation sites (N-methyl/N-ethyl adjacent to an activating group) is 1. The summed E-state index contributed by atoms with van der Waals surface area (Å²) >= 11 is 0. The van der Waals surface area contributed by atoms with Gasteiger partial charge in [-0.2, -0.15) is 0 Å². The Bertz CT molecular complexity index is 900. The van der Waals surface area contributed by atoms with Crippen LogP contribution >= 0.6 is 0 Å². The van der Waals surface area contributed by atoms with Gasteiger partial charge in [-0.3, -0.25) is 14.4 Å². The highest BCUT2D eigenvalue weighted by Crippen LogP contribution is 2.28. The Hall–Kier alpha value is -3.56. The molecule has 0 spiro atoms. The maximum Gasteiger partial charge on any atom is 0.413 e. The van der Waals surface area contributed by atoms with Crippen LogP contribution in [0.1, 0.15) is 52.0 Å². The highest BCUT2D eigenvalue weighted by atomic mass is 16.6. The number of hydrogen-bond donors (Lipinski definition) is 2. The van der Waals surface area contributed by atoms with Crippen LogP contribution in [0.5, 0.6) is 11.5 Å². The number of rotatable bonds is 15. The van der Waals surface area contributed by atoms with Crippen LogP contribution in [0.4, 0.5) is 4.79 Å². The van der Waals surface area contributed by atoms with Gasteiger partial charge in [0, 0.05) is 26.9 Å². The van der Waals surface area contributed by atoms with E-state index in [0.29, 0.717) is 24.6 Å². The van der Waals surface area contributed by atoms with E-state index in [1.807, 2.05) is 0 Å². The molecule has 1 rings (SSSR count). The van der Waals surface area contributed by atoms with Gasteiger partial charge in [-0.25, -0.2) is 4.79 Å². The molecule has 10 heteroatoms. The van der Waals surface area contributed by atoms with Gasteiger partial charge in [0.15, 0.2) is 11.5 Å². The van der Waals surface area contributed by atoms with E-state index in [-0.39, 0.29) is 37.3 Å². The fourth-order valence-corrected chi connectivity index (χ4v) is 2.90. The summed E-state index contributed by atoms with van der Waals surface area (Å²) in [6, 6.07) is 4.93. The maximum atomic E-state index is 12.1. The largest absolute Gasteiger partial charge is 0.493 e. The van der Waals surface area contributed by atoms with Crippen LogP contribution in [0.3, 0.4) is 0 Å². The average molecular weight is 506 g/mol. The number of carbonyl (C=O) groups is 4. The molecule has 1 aromatic carbocycles. The molecule has 0 aliphatic carbocycles. The zero-order chi connectivity index (χ0) is 26.9. The number of hydrogen-bond acceptors (Lipinski definition) is 7. The van der Waals surface area contributed by atoms with Crippen molar-refractivity contribution in [3.63, 3.8) is 0 Å². The molecule has 2 N–H and O–H groups in total. The van der Waals surface area contributed by atoms with Crippen LogP contribution in [0, 0.1) is 5.92 Å². The van der Waals surface area contributed by atoms with Crippen LogP contribution < -0.4 is 20.1 Å². The first-order chi connectivity index (χ1) is 17.1. The van der Waals surface area contributed by atoms with Crippen molar-refractivity contribution in [2.75, 3.05) is 33.9 Å². The Morgan fingerprint density at radius 1 is 1.08 bits per heavy atom. The van der Waals surface area contributed by atoms with E-state index in [4.69, 9.17) is 14.2 Å². The summed E-state index contributed by atoms with van der Waals surface area (Å²) in [5.41, 5.74) is 0.784. The van der Waals surface area contributed by atoms with Gasteiger partial charge in [0.05, 0.1) is 13.7 Å². The molecule has 3 amide bonds. The molecule has 0 aliphatic heterocycles. The lowest BCUT2D eigenvalue weighted by molar-refractivity contribution is -0.144. The van der Waals surface area contributed by atoms with Gasteiger partial charge in [-0.15, -0.1) is 0 Å². The topological polar surface area (TPSA) is 123 Å². The van der Waals surface area contributed by atoms with E-state index in [1.165, 1.54) is 18.9 Å². The predicted octanol–water partition coefficient (Wildman–Crippen LogP) is 3.19. The fourth-order valence-electron chi connectivity index (χ4n) is 2.90. The molecule has 0 unspecified atom stereocenters. The highest BCUT2D eigenvalue weighted by Gasteiger charge is 2.13. The highest BCUT2D eigenvalue weighted by molar-refractivity contribution is 5.79. The van der Waals surface area contributed by atoms with E-state index < -0.39 is 12.1 Å². The number of nitrogens with one attached hydrogen (secondary N) is 2. The molecule has 0 saturated carbocycles. The van der Waals surface area contributed by atoms with Crippen LogP contribution in [-0.4, -0.2) is 62.6 Å². The summed E-state index contributed by atoms with van der Waals surface area (Å²) in [6.07, 6.45) is 6.69. The summed E-state index contributed by atoms with van der Waals surface area (Å²) in [6.45, 7) is 5.88. The normalized spacial score (nSPS) is 10.7. The summed E-state index contributed by atoms with van der Waals surface area (Å²) in [7, 11) is 3.03. The van der Waals surface area contributed by atoms with Gasteiger partial charge in [-0.1, -0.05) is 32.1 Å². The minimum absolute atomic E-state index is 0.0209. The molecule has 10 nitrogen and oxygen atoms in total. The molecule has 0 saturated heterocycles. The van der Waals surface area contributed by atoms with Crippen LogP contribution in [0.2, 0.25) is 0 Å². The summed E-state index contributed by atoms with van der Waals surface area (Å²) in [5, 5.41) is 5.18. The average Bonchev–Trinajstić information content (AvgIpc) is 2.83. The number of amides is 3. The second-order valence-corrected chi connectivity index (χ2v) is 8.58. The van der Waals surface area contributed by atoms with Crippen molar-refractivity contribution in [1.29, 1.82) is 0 Å². The third kappa shape index (κ3) is 13.4. The SMILES string of the molecule is COc1cc(CNC(=O)CCCC/C=C/C(C)C)ccc1OC(=O)NCC(=O)OCCN(C)C(C)=O. The van der Waals surface area contributed by atoms with E-state index in [1.54, 1.807) is 25.2 Å². The first kappa shape index (κ1) is 30.5. The Kier molecular flexibility index (Phi) is 14.4. The molecule has 0 heterocycles. The van der Waals surface area contributed by atoms with E-state index in [2.05, 4.69) is 36.6 Å². The zero-order valence-electron chi connectivity index (χ0n) is 21.9. The summed E-state index contributed by atoms with van der Waals surface area (Å²) in [5.74, 6) is 0.184. The molecule has 0 fully saturated rings. The van der Waals surface area contributed by atoms with Gasteiger partial charge >= 0.3 is 12.1 Å². The first-order valence-corrected chi connectivity index (χ1v) is 12.1. The second-order valence-electron chi connectivity index (χ2n) is 8.58. The van der Waals surface area contributed by atoms with Gasteiger partial charge in [0.25, 0.3) is 0 Å². The minimum Gasteiger partial charge on any atom is -0.493 e. The molecule has 0 aromatic heterocycles. The van der Waals surface area contributed by atoms with Gasteiger partial charge < -0.3 is 29.7 Å². The molecular weight excluding hydrogens is 466 g/mol. The number of esters is 1. The third-order valence-electron chi connectivity index (χ3n) is 5.07. The summed E-state index contributed by atoms with van der Waals surface area (Å²) < 4.78 is 15.5. The lowest BCUT2D eigenvalue weighted by atomic mass is 10.1. The zero-order valence-corrected chi connectivity index (χ0v) is 21.9. The van der Waals surface area contributed by atoms with Crippen LogP contribution in [0.25, 0.3) is 0 Å². The van der Waals surface area contributed by atoms with Gasteiger partial charge in [0.1, 0.15) is 13.2 Å². The van der Waals surface area contributed by atoms with Crippen molar-refractivity contribution in [1.82, 2.24) is 15.5 Å². The number of benzene rings is 1. The van der Waals surface area contributed by atoms with Crippen LogP contribution in [0.15, 0.2) is 30.4 Å². The number of carbonyl (C=O) groups excluding carboxylic acids is 4. The standard InChI is InChI=1S/C26H39N3O7/c1-19(2)10-8-6-7-9-11-24(31)27-17-21-12-13-22(23(16-21)34-5)36-26(33)28-18-25(32)35-15-14-29(4)20(3)30/h8,10,12-13,16,19H,6-7,9,11,14-15,17-18H2,1-5H3,(H,27,31)(H,28,33)/b10-8+. The van der Waals surface area contributed by atoms with Crippen molar-refractivity contribution < 1.29 is 33.4 Å². The van der Waals surface area contributed by atoms with E-state index in [0.717, 1.165) is 24.8 Å². The summed E-state index contributed by atoms with van der Waals surface area (Å²) in [4.78, 5) is 48.4. The van der Waals surface area contributed by atoms with Crippen molar-refractivity contribution in [3.8, 4) is 11.5 Å². The van der Waals surface area contributed by atoms with Gasteiger partial charge in [0.2, 0.25) is 11.8 Å². The van der Waals surface area contributed by atoms with E-state index >= 15 is 0 Å².